The number of alkyl halides is 4. The van der Waals surface area contributed by atoms with Crippen LogP contribution in [-0.2, 0) is 22.3 Å². The Morgan fingerprint density at radius 2 is 1.47 bits per heavy atom. The minimum atomic E-state index is -4.73. The number of carbonyl (C=O) groups excluding carboxylic acids is 5. The van der Waals surface area contributed by atoms with Crippen molar-refractivity contribution in [1.29, 1.82) is 5.26 Å². The summed E-state index contributed by atoms with van der Waals surface area (Å²) < 4.78 is 62.5. The highest BCUT2D eigenvalue weighted by atomic mass is 19.4. The number of rotatable bonds is 8. The third kappa shape index (κ3) is 7.82. The van der Waals surface area contributed by atoms with Gasteiger partial charge >= 0.3 is 6.18 Å². The van der Waals surface area contributed by atoms with E-state index in [2.05, 4.69) is 26.2 Å². The number of nitrogens with one attached hydrogen (secondary N) is 1. The van der Waals surface area contributed by atoms with Crippen molar-refractivity contribution in [3.63, 3.8) is 0 Å². The Labute approximate surface area is 354 Å². The summed E-state index contributed by atoms with van der Waals surface area (Å²) in [7, 11) is 0. The van der Waals surface area contributed by atoms with Crippen LogP contribution in [0.1, 0.15) is 99.3 Å². The van der Waals surface area contributed by atoms with Crippen LogP contribution in [0.5, 0.6) is 5.75 Å². The van der Waals surface area contributed by atoms with Gasteiger partial charge in [-0.25, -0.2) is 9.37 Å². The third-order valence-electron chi connectivity index (χ3n) is 13.3. The number of aromatic nitrogens is 1. The quantitative estimate of drug-likeness (QED) is 0.244. The van der Waals surface area contributed by atoms with Gasteiger partial charge in [-0.2, -0.15) is 18.4 Å². The minimum Gasteiger partial charge on any atom is -0.489 e. The predicted octanol–water partition coefficient (Wildman–Crippen LogP) is 4.85. The number of halogens is 4. The zero-order valence-electron chi connectivity index (χ0n) is 33.8. The molecule has 6 aliphatic rings. The van der Waals surface area contributed by atoms with Crippen molar-refractivity contribution >= 4 is 40.9 Å². The van der Waals surface area contributed by atoms with Gasteiger partial charge in [0.25, 0.3) is 17.7 Å². The number of ether oxygens (including phenoxy) is 1. The number of carbonyl (C=O) groups is 5. The van der Waals surface area contributed by atoms with Crippen LogP contribution >= 0.6 is 0 Å². The zero-order chi connectivity index (χ0) is 43.5. The molecule has 3 saturated heterocycles. The van der Waals surface area contributed by atoms with E-state index in [0.717, 1.165) is 28.4 Å². The lowest BCUT2D eigenvalue weighted by Gasteiger charge is -2.43. The normalized spacial score (nSPS) is 24.2. The number of benzene rings is 2. The number of nitriles is 1. The largest absolute Gasteiger partial charge is 0.489 e. The Morgan fingerprint density at radius 1 is 0.806 bits per heavy atom. The number of fused-ring (bicyclic) bond motifs is 2. The minimum absolute atomic E-state index is 0.0347. The fourth-order valence-electron chi connectivity index (χ4n) is 9.85. The number of anilines is 2. The number of piperazine rings is 1. The summed E-state index contributed by atoms with van der Waals surface area (Å²) in [5.41, 5.74) is 0.477. The first-order valence-electron chi connectivity index (χ1n) is 21.0. The molecule has 1 N–H and O–H groups in total. The molecule has 3 aromatic rings. The fourth-order valence-corrected chi connectivity index (χ4v) is 9.85. The monoisotopic (exact) mass is 856 g/mol. The Kier molecular flexibility index (Phi) is 10.6. The van der Waals surface area contributed by atoms with Crippen molar-refractivity contribution in [3.8, 4) is 11.8 Å². The Morgan fingerprint density at radius 3 is 2.15 bits per heavy atom. The topological polar surface area (TPSA) is 159 Å². The van der Waals surface area contributed by atoms with Gasteiger partial charge in [0.15, 0.2) is 5.69 Å². The number of amides is 5. The number of piperidine rings is 2. The van der Waals surface area contributed by atoms with Crippen LogP contribution in [0.4, 0.5) is 28.9 Å². The standard InChI is InChI=1S/C44H44F4N8O6/c45-43(11-13-53(14-12-43)29-4-8-33-34(20-29)42(61)56(41(33)60)37-9-10-38(57)51-39(37)58)25-52-15-17-54(18-16-52)28-3-7-32-26(19-28)24-55(40(32)59)27-1-5-30(6-2-27)62-31-21-35(44(46,47)48)36(22-49)50-23-31/h3-4,7-8,19-21,23,27,30,37H,1-2,5-6,9-18,24-25H2,(H,51,57,58). The lowest BCUT2D eigenvalue weighted by atomic mass is 9.91. The molecular formula is C44H44F4N8O6. The van der Waals surface area contributed by atoms with Crippen LogP contribution in [0.2, 0.25) is 0 Å². The molecule has 4 fully saturated rings. The van der Waals surface area contributed by atoms with Gasteiger partial charge in [-0.1, -0.05) is 0 Å². The molecular weight excluding hydrogens is 813 g/mol. The maximum atomic E-state index is 16.4. The van der Waals surface area contributed by atoms with Crippen LogP contribution < -0.4 is 19.9 Å². The molecule has 18 heteroatoms. The molecule has 0 spiro atoms. The van der Waals surface area contributed by atoms with E-state index in [1.807, 2.05) is 21.9 Å². The summed E-state index contributed by atoms with van der Waals surface area (Å²) in [5.74, 6) is -2.32. The molecule has 1 atom stereocenters. The fraction of sp³-hybridized carbons (Fsp3) is 0.477. The van der Waals surface area contributed by atoms with Crippen LogP contribution in [0.3, 0.4) is 0 Å². The van der Waals surface area contributed by atoms with Crippen molar-refractivity contribution in [2.24, 2.45) is 0 Å². The second-order valence-corrected chi connectivity index (χ2v) is 17.1. The SMILES string of the molecule is N#Cc1ncc(OC2CCC(N3Cc4cc(N5CCN(CC6(F)CCN(c7ccc8c(c7)C(=O)N(C7CCC(=O)NC7=O)C8=O)CC6)CC5)ccc4C3=O)CC2)cc1C(F)(F)F. The summed E-state index contributed by atoms with van der Waals surface area (Å²) in [6.45, 7) is 4.35. The Balaban J connectivity index is 0.742. The Bertz CT molecular complexity index is 2380. The van der Waals surface area contributed by atoms with E-state index in [4.69, 9.17) is 10.00 Å². The molecule has 324 valence electrons. The molecule has 0 bridgehead atoms. The molecule has 1 unspecified atom stereocenters. The highest BCUT2D eigenvalue weighted by molar-refractivity contribution is 6.23. The molecule has 14 nitrogen and oxygen atoms in total. The van der Waals surface area contributed by atoms with Gasteiger partial charge in [-0.15, -0.1) is 0 Å². The summed E-state index contributed by atoms with van der Waals surface area (Å²) in [6.07, 6.45) is -0.863. The molecule has 1 aromatic heterocycles. The van der Waals surface area contributed by atoms with Gasteiger partial charge in [0.1, 0.15) is 23.5 Å². The first-order chi connectivity index (χ1) is 29.7. The van der Waals surface area contributed by atoms with Gasteiger partial charge in [-0.05, 0) is 80.1 Å². The average molecular weight is 857 g/mol. The molecule has 1 saturated carbocycles. The van der Waals surface area contributed by atoms with E-state index < -0.39 is 52.8 Å². The van der Waals surface area contributed by atoms with E-state index >= 15 is 4.39 Å². The van der Waals surface area contributed by atoms with Gasteiger partial charge < -0.3 is 19.4 Å². The van der Waals surface area contributed by atoms with E-state index in [9.17, 15) is 37.1 Å². The van der Waals surface area contributed by atoms with Crippen molar-refractivity contribution in [3.05, 3.63) is 82.2 Å². The van der Waals surface area contributed by atoms with Gasteiger partial charge in [0.2, 0.25) is 11.8 Å². The molecule has 62 heavy (non-hydrogen) atoms. The van der Waals surface area contributed by atoms with Gasteiger partial charge in [0, 0.05) is 94.6 Å². The summed E-state index contributed by atoms with van der Waals surface area (Å²) in [4.78, 5) is 76.9. The van der Waals surface area contributed by atoms with Crippen molar-refractivity contribution in [2.75, 3.05) is 55.6 Å². The van der Waals surface area contributed by atoms with Crippen LogP contribution in [0, 0.1) is 11.3 Å². The predicted molar refractivity (Wildman–Crippen MR) is 214 cm³/mol. The lowest BCUT2D eigenvalue weighted by Crippen LogP contribution is -2.54. The summed E-state index contributed by atoms with van der Waals surface area (Å²) in [5, 5.41) is 11.2. The van der Waals surface area contributed by atoms with Crippen molar-refractivity contribution < 1.29 is 46.3 Å². The van der Waals surface area contributed by atoms with E-state index in [0.29, 0.717) is 102 Å². The van der Waals surface area contributed by atoms with Crippen LogP contribution in [-0.4, -0.2) is 119 Å². The highest BCUT2D eigenvalue weighted by Gasteiger charge is 2.46. The van der Waals surface area contributed by atoms with E-state index in [1.165, 1.54) is 6.07 Å². The van der Waals surface area contributed by atoms with Crippen LogP contribution in [0.25, 0.3) is 0 Å². The maximum absolute atomic E-state index is 16.4. The third-order valence-corrected chi connectivity index (χ3v) is 13.3. The Hall–Kier alpha value is -6.09. The van der Waals surface area contributed by atoms with Crippen molar-refractivity contribution in [2.45, 2.75) is 87.9 Å². The molecule has 9 rings (SSSR count). The lowest BCUT2D eigenvalue weighted by molar-refractivity contribution is -0.138. The van der Waals surface area contributed by atoms with E-state index in [-0.39, 0.29) is 47.8 Å². The first kappa shape index (κ1) is 41.3. The molecule has 5 aliphatic heterocycles. The number of imide groups is 2. The van der Waals surface area contributed by atoms with Gasteiger partial charge in [-0.3, -0.25) is 39.1 Å². The smallest absolute Gasteiger partial charge is 0.419 e. The summed E-state index contributed by atoms with van der Waals surface area (Å²) >= 11 is 0. The molecule has 2 aromatic carbocycles. The molecule has 6 heterocycles. The average Bonchev–Trinajstić information content (AvgIpc) is 3.72. The number of pyridine rings is 1. The second-order valence-electron chi connectivity index (χ2n) is 17.1. The number of hydrogen-bond acceptors (Lipinski definition) is 11. The van der Waals surface area contributed by atoms with E-state index in [1.54, 1.807) is 18.2 Å². The first-order valence-corrected chi connectivity index (χ1v) is 21.0. The molecule has 5 amide bonds. The zero-order valence-corrected chi connectivity index (χ0v) is 33.8. The van der Waals surface area contributed by atoms with Crippen LogP contribution in [0.15, 0.2) is 48.7 Å². The number of hydrogen-bond donors (Lipinski definition) is 1. The summed E-state index contributed by atoms with van der Waals surface area (Å²) in [6, 6.07) is 12.1. The van der Waals surface area contributed by atoms with Crippen molar-refractivity contribution in [1.82, 2.24) is 25.0 Å². The molecule has 1 aliphatic carbocycles. The second kappa shape index (κ2) is 16.0. The molecule has 0 radical (unpaired) electrons. The highest BCUT2D eigenvalue weighted by Crippen LogP contribution is 2.38. The maximum Gasteiger partial charge on any atom is 0.419 e. The number of nitrogens with zero attached hydrogens (tertiary/aromatic N) is 7. The van der Waals surface area contributed by atoms with Gasteiger partial charge in [0.05, 0.1) is 29.0 Å².